The van der Waals surface area contributed by atoms with Gasteiger partial charge < -0.3 is 9.42 Å². The summed E-state index contributed by atoms with van der Waals surface area (Å²) in [5, 5.41) is 4.07. The molecule has 28 heavy (non-hydrogen) atoms. The van der Waals surface area contributed by atoms with Crippen LogP contribution in [-0.4, -0.2) is 20.9 Å². The maximum absolute atomic E-state index is 14.0. The van der Waals surface area contributed by atoms with Crippen molar-refractivity contribution in [2.45, 2.75) is 39.3 Å². The van der Waals surface area contributed by atoms with Gasteiger partial charge in [-0.15, -0.1) is 0 Å². The average Bonchev–Trinajstić information content (AvgIpc) is 3.28. The minimum Gasteiger partial charge on any atom is -0.337 e. The number of halogens is 2. The smallest absolute Gasteiger partial charge is 0.249 e. The van der Waals surface area contributed by atoms with E-state index in [-0.39, 0.29) is 18.0 Å². The first kappa shape index (κ1) is 18.3. The number of hydrogen-bond donors (Lipinski definition) is 0. The summed E-state index contributed by atoms with van der Waals surface area (Å²) in [7, 11) is 0. The summed E-state index contributed by atoms with van der Waals surface area (Å²) in [6.07, 6.45) is 0.785. The molecular formula is C21H19F2N3O2. The summed E-state index contributed by atoms with van der Waals surface area (Å²) >= 11 is 0. The molecule has 5 nitrogen and oxygen atoms in total. The van der Waals surface area contributed by atoms with E-state index in [1.165, 1.54) is 4.90 Å². The molecular weight excluding hydrogens is 364 g/mol. The molecule has 0 radical (unpaired) electrons. The molecule has 3 aromatic rings. The van der Waals surface area contributed by atoms with Gasteiger partial charge >= 0.3 is 0 Å². The number of carbonyl (C=O) groups is 1. The molecule has 7 heteroatoms. The summed E-state index contributed by atoms with van der Waals surface area (Å²) in [4.78, 5) is 18.3. The molecule has 1 aliphatic heterocycles. The summed E-state index contributed by atoms with van der Waals surface area (Å²) in [5.41, 5.74) is 3.07. The summed E-state index contributed by atoms with van der Waals surface area (Å²) < 4.78 is 33.0. The van der Waals surface area contributed by atoms with Crippen LogP contribution in [0.15, 0.2) is 40.9 Å². The highest BCUT2D eigenvalue weighted by Crippen LogP contribution is 2.35. The molecule has 1 saturated heterocycles. The van der Waals surface area contributed by atoms with Crippen molar-refractivity contribution in [3.8, 4) is 11.4 Å². The maximum atomic E-state index is 14.0. The van der Waals surface area contributed by atoms with E-state index in [0.717, 1.165) is 34.9 Å². The Morgan fingerprint density at radius 3 is 2.82 bits per heavy atom. The van der Waals surface area contributed by atoms with Gasteiger partial charge in [0.2, 0.25) is 17.6 Å². The second kappa shape index (κ2) is 7.14. The highest BCUT2D eigenvalue weighted by Gasteiger charge is 2.36. The average molecular weight is 383 g/mol. The number of carbonyl (C=O) groups excluding carboxylic acids is 1. The van der Waals surface area contributed by atoms with E-state index >= 15 is 0 Å². The van der Waals surface area contributed by atoms with Crippen molar-refractivity contribution in [2.24, 2.45) is 0 Å². The number of hydrogen-bond acceptors (Lipinski definition) is 4. The third kappa shape index (κ3) is 3.40. The number of rotatable bonds is 4. The normalized spacial score (nSPS) is 16.8. The first-order chi connectivity index (χ1) is 13.4. The molecule has 1 amide bonds. The molecule has 0 spiro atoms. The molecule has 1 fully saturated rings. The quantitative estimate of drug-likeness (QED) is 0.666. The van der Waals surface area contributed by atoms with Gasteiger partial charge in [-0.25, -0.2) is 8.78 Å². The number of aromatic nitrogens is 2. The largest absolute Gasteiger partial charge is 0.337 e. The lowest BCUT2D eigenvalue weighted by Crippen LogP contribution is -2.27. The Bertz CT molecular complexity index is 1050. The van der Waals surface area contributed by atoms with Crippen molar-refractivity contribution in [2.75, 3.05) is 0 Å². The fourth-order valence-electron chi connectivity index (χ4n) is 3.49. The summed E-state index contributed by atoms with van der Waals surface area (Å²) in [5.74, 6) is -0.498. The molecule has 1 atom stereocenters. The number of benzene rings is 2. The molecule has 2 heterocycles. The first-order valence-corrected chi connectivity index (χ1v) is 9.07. The van der Waals surface area contributed by atoms with Crippen LogP contribution in [0.1, 0.15) is 41.5 Å². The van der Waals surface area contributed by atoms with Gasteiger partial charge in [-0.3, -0.25) is 4.79 Å². The highest BCUT2D eigenvalue weighted by atomic mass is 19.1. The number of amides is 1. The predicted octanol–water partition coefficient (Wildman–Crippen LogP) is 4.50. The molecule has 0 saturated carbocycles. The van der Waals surface area contributed by atoms with Crippen LogP contribution in [0.3, 0.4) is 0 Å². The zero-order valence-corrected chi connectivity index (χ0v) is 15.6. The van der Waals surface area contributed by atoms with E-state index < -0.39 is 17.7 Å². The monoisotopic (exact) mass is 383 g/mol. The van der Waals surface area contributed by atoms with Gasteiger partial charge in [-0.1, -0.05) is 22.9 Å². The molecule has 2 aromatic carbocycles. The Kier molecular flexibility index (Phi) is 4.66. The molecule has 0 aliphatic carbocycles. The van der Waals surface area contributed by atoms with Gasteiger partial charge in [0.05, 0.1) is 0 Å². The third-order valence-electron chi connectivity index (χ3n) is 5.04. The van der Waals surface area contributed by atoms with Crippen LogP contribution < -0.4 is 0 Å². The van der Waals surface area contributed by atoms with Crippen LogP contribution in [-0.2, 0) is 11.3 Å². The fourth-order valence-corrected chi connectivity index (χ4v) is 3.49. The lowest BCUT2D eigenvalue weighted by Gasteiger charge is -2.22. The van der Waals surface area contributed by atoms with Crippen molar-refractivity contribution < 1.29 is 18.1 Å². The lowest BCUT2D eigenvalue weighted by molar-refractivity contribution is -0.130. The van der Waals surface area contributed by atoms with Crippen molar-refractivity contribution in [1.82, 2.24) is 15.0 Å². The Morgan fingerprint density at radius 2 is 2.00 bits per heavy atom. The highest BCUT2D eigenvalue weighted by molar-refractivity contribution is 5.79. The van der Waals surface area contributed by atoms with Crippen LogP contribution in [0.2, 0.25) is 0 Å². The second-order valence-corrected chi connectivity index (χ2v) is 7.09. The fraction of sp³-hybridized carbons (Fsp3) is 0.286. The molecule has 4 rings (SSSR count). The first-order valence-electron chi connectivity index (χ1n) is 9.07. The topological polar surface area (TPSA) is 59.2 Å². The van der Waals surface area contributed by atoms with Crippen LogP contribution in [0.25, 0.3) is 11.4 Å². The van der Waals surface area contributed by atoms with Crippen LogP contribution in [0.4, 0.5) is 8.78 Å². The van der Waals surface area contributed by atoms with Crippen LogP contribution in [0.5, 0.6) is 0 Å². The molecule has 0 N–H and O–H groups in total. The summed E-state index contributed by atoms with van der Waals surface area (Å²) in [6, 6.07) is 8.73. The SMILES string of the molecule is Cc1ccc(C)c(-c2noc(C3CCC(=O)N3Cc3cc(F)ccc3F)n2)c1. The van der Waals surface area contributed by atoms with E-state index in [1.807, 2.05) is 32.0 Å². The number of likely N-dealkylation sites (tertiary alicyclic amines) is 1. The van der Waals surface area contributed by atoms with E-state index in [4.69, 9.17) is 4.52 Å². The minimum absolute atomic E-state index is 0.0473. The molecule has 1 aliphatic rings. The van der Waals surface area contributed by atoms with Gasteiger partial charge in [-0.2, -0.15) is 4.98 Å². The second-order valence-electron chi connectivity index (χ2n) is 7.09. The lowest BCUT2D eigenvalue weighted by atomic mass is 10.1. The predicted molar refractivity (Wildman–Crippen MR) is 98.1 cm³/mol. The van der Waals surface area contributed by atoms with Crippen molar-refractivity contribution in [3.05, 3.63) is 70.6 Å². The molecule has 144 valence electrons. The maximum Gasteiger partial charge on any atom is 0.249 e. The zero-order valence-electron chi connectivity index (χ0n) is 15.6. The Balaban J connectivity index is 1.63. The van der Waals surface area contributed by atoms with E-state index in [2.05, 4.69) is 10.1 Å². The van der Waals surface area contributed by atoms with Crippen molar-refractivity contribution >= 4 is 5.91 Å². The number of nitrogens with zero attached hydrogens (tertiary/aromatic N) is 3. The van der Waals surface area contributed by atoms with Gasteiger partial charge in [0, 0.05) is 24.1 Å². The number of aryl methyl sites for hydroxylation is 2. The van der Waals surface area contributed by atoms with Crippen LogP contribution >= 0.6 is 0 Å². The van der Waals surface area contributed by atoms with Gasteiger partial charge in [0.1, 0.15) is 17.7 Å². The van der Waals surface area contributed by atoms with Crippen molar-refractivity contribution in [3.63, 3.8) is 0 Å². The van der Waals surface area contributed by atoms with E-state index in [0.29, 0.717) is 24.6 Å². The van der Waals surface area contributed by atoms with Crippen LogP contribution in [0, 0.1) is 25.5 Å². The standard InChI is InChI=1S/C21H19F2N3O2/c1-12-3-4-13(2)16(9-12)20-24-21(28-25-20)18-7-8-19(27)26(18)11-14-10-15(22)5-6-17(14)23/h3-6,9-10,18H,7-8,11H2,1-2H3. The minimum atomic E-state index is -0.554. The van der Waals surface area contributed by atoms with E-state index in [9.17, 15) is 13.6 Å². The third-order valence-corrected chi connectivity index (χ3v) is 5.04. The molecule has 1 aromatic heterocycles. The summed E-state index contributed by atoms with van der Waals surface area (Å²) in [6.45, 7) is 3.89. The Labute approximate surface area is 161 Å². The van der Waals surface area contributed by atoms with Gasteiger partial charge in [-0.05, 0) is 50.1 Å². The Hall–Kier alpha value is -3.09. The molecule has 0 bridgehead atoms. The van der Waals surface area contributed by atoms with E-state index in [1.54, 1.807) is 0 Å². The Morgan fingerprint density at radius 1 is 1.18 bits per heavy atom. The van der Waals surface area contributed by atoms with Gasteiger partial charge in [0.25, 0.3) is 0 Å². The van der Waals surface area contributed by atoms with Crippen molar-refractivity contribution in [1.29, 1.82) is 0 Å². The zero-order chi connectivity index (χ0) is 19.8. The molecule has 1 unspecified atom stereocenters. The van der Waals surface area contributed by atoms with Gasteiger partial charge in [0.15, 0.2) is 0 Å².